The number of ether oxygens (including phenoxy) is 3. The van der Waals surface area contributed by atoms with Crippen LogP contribution in [0.4, 0.5) is 0 Å². The average Bonchev–Trinajstić information content (AvgIpc) is 2.95. The molecule has 1 saturated heterocycles. The Bertz CT molecular complexity index is 1430. The number of Topliss-reactive ketones (excluding diaryl/α,β-unsaturated/α-hetero) is 1. The zero-order chi connectivity index (χ0) is 29.8. The third kappa shape index (κ3) is 4.96. The van der Waals surface area contributed by atoms with E-state index in [1.165, 1.54) is 25.3 Å². The molecule has 13 heteroatoms. The van der Waals surface area contributed by atoms with Crippen LogP contribution < -0.4 is 10.1 Å². The number of hydrogen-bond acceptors (Lipinski definition) is 12. The van der Waals surface area contributed by atoms with Crippen molar-refractivity contribution in [2.24, 2.45) is 0 Å². The van der Waals surface area contributed by atoms with E-state index in [1.54, 1.807) is 6.92 Å². The van der Waals surface area contributed by atoms with E-state index in [2.05, 4.69) is 5.32 Å². The smallest absolute Gasteiger partial charge is 0.202 e. The summed E-state index contributed by atoms with van der Waals surface area (Å²) >= 11 is 0. The van der Waals surface area contributed by atoms with Gasteiger partial charge < -0.3 is 45.1 Å². The summed E-state index contributed by atoms with van der Waals surface area (Å²) in [6.45, 7) is 3.07. The normalized spacial score (nSPS) is 28.3. The second kappa shape index (κ2) is 11.9. The average molecular weight is 608 g/mol. The summed E-state index contributed by atoms with van der Waals surface area (Å²) in [5.41, 5.74) is -3.51. The van der Waals surface area contributed by atoms with Crippen LogP contribution in [-0.4, -0.2) is 93.3 Å². The van der Waals surface area contributed by atoms with Crippen molar-refractivity contribution in [3.63, 3.8) is 0 Å². The fourth-order valence-corrected chi connectivity index (χ4v) is 6.18. The van der Waals surface area contributed by atoms with E-state index >= 15 is 0 Å². The number of carbonyl (C=O) groups is 3. The van der Waals surface area contributed by atoms with Crippen LogP contribution in [0.25, 0.3) is 0 Å². The van der Waals surface area contributed by atoms with Crippen LogP contribution in [0.2, 0.25) is 0 Å². The summed E-state index contributed by atoms with van der Waals surface area (Å²) in [5, 5.41) is 57.6. The molecule has 0 saturated carbocycles. The molecule has 42 heavy (non-hydrogen) atoms. The molecule has 1 fully saturated rings. The topological polar surface area (TPSA) is 192 Å². The second-order valence-electron chi connectivity index (χ2n) is 10.7. The molecule has 12 nitrogen and oxygen atoms in total. The standard InChI is InChI=1S/C29H33NO11.ClH/c1-4-30-15-8-19(40-12(2)24(15)33)41-17-10-29(38,18(32)11-31)9-14-21(17)28(37)23-22(26(14)35)25(34)13-6-5-7-16(39-3)20(13)27(23)36;/h5-7,12,15,17,19,24,30-31,33,35,37-38H,4,8-11H2,1-3H3;1H/t12?,15?,17-,19?,24?,29-;/m0./s1. The van der Waals surface area contributed by atoms with Gasteiger partial charge in [-0.05, 0) is 19.5 Å². The number of rotatable bonds is 7. The molecule has 2 aliphatic carbocycles. The van der Waals surface area contributed by atoms with E-state index in [0.717, 1.165) is 0 Å². The Hall–Kier alpha value is -3.10. The number of hydrogen-bond donors (Lipinski definition) is 6. The van der Waals surface area contributed by atoms with Gasteiger partial charge in [-0.3, -0.25) is 14.4 Å². The Morgan fingerprint density at radius 3 is 2.48 bits per heavy atom. The number of methoxy groups -OCH3 is 1. The van der Waals surface area contributed by atoms with Gasteiger partial charge in [-0.15, -0.1) is 12.4 Å². The van der Waals surface area contributed by atoms with Gasteiger partial charge in [0.1, 0.15) is 29.5 Å². The fourth-order valence-electron chi connectivity index (χ4n) is 6.18. The maximum atomic E-state index is 13.7. The molecular weight excluding hydrogens is 574 g/mol. The van der Waals surface area contributed by atoms with Crippen molar-refractivity contribution in [1.29, 1.82) is 0 Å². The van der Waals surface area contributed by atoms with Crippen molar-refractivity contribution in [3.05, 3.63) is 51.6 Å². The van der Waals surface area contributed by atoms with Gasteiger partial charge in [0.25, 0.3) is 0 Å². The highest BCUT2D eigenvalue weighted by Crippen LogP contribution is 2.52. The molecule has 1 aliphatic heterocycles. The van der Waals surface area contributed by atoms with Crippen molar-refractivity contribution in [1.82, 2.24) is 5.32 Å². The summed E-state index contributed by atoms with van der Waals surface area (Å²) in [4.78, 5) is 40.0. The molecule has 5 rings (SSSR count). The van der Waals surface area contributed by atoms with Crippen LogP contribution in [-0.2, 0) is 20.7 Å². The first kappa shape index (κ1) is 31.8. The first-order valence-electron chi connectivity index (χ1n) is 13.4. The van der Waals surface area contributed by atoms with Gasteiger partial charge in [0.2, 0.25) is 5.78 Å². The highest BCUT2D eigenvalue weighted by atomic mass is 35.5. The first-order valence-corrected chi connectivity index (χ1v) is 13.4. The van der Waals surface area contributed by atoms with Gasteiger partial charge in [-0.25, -0.2) is 0 Å². The third-order valence-electron chi connectivity index (χ3n) is 8.23. The number of fused-ring (bicyclic) bond motifs is 3. The fraction of sp³-hybridized carbons (Fsp3) is 0.483. The largest absolute Gasteiger partial charge is 0.507 e. The lowest BCUT2D eigenvalue weighted by Crippen LogP contribution is -2.54. The monoisotopic (exact) mass is 607 g/mol. The summed E-state index contributed by atoms with van der Waals surface area (Å²) in [6.07, 6.45) is -4.64. The molecule has 4 unspecified atom stereocenters. The molecule has 228 valence electrons. The van der Waals surface area contributed by atoms with E-state index in [0.29, 0.717) is 6.54 Å². The van der Waals surface area contributed by atoms with Gasteiger partial charge in [0, 0.05) is 42.0 Å². The summed E-state index contributed by atoms with van der Waals surface area (Å²) in [6, 6.07) is 3.98. The minimum absolute atomic E-state index is 0. The molecule has 6 N–H and O–H groups in total. The Labute approximate surface area is 247 Å². The van der Waals surface area contributed by atoms with Crippen LogP contribution in [0.3, 0.4) is 0 Å². The molecule has 0 amide bonds. The number of benzene rings is 2. The van der Waals surface area contributed by atoms with Crippen molar-refractivity contribution in [2.45, 2.75) is 69.4 Å². The minimum Gasteiger partial charge on any atom is -0.507 e. The Balaban J connectivity index is 0.00000405. The zero-order valence-electron chi connectivity index (χ0n) is 23.2. The second-order valence-corrected chi connectivity index (χ2v) is 10.7. The van der Waals surface area contributed by atoms with Crippen LogP contribution in [0.1, 0.15) is 75.8 Å². The molecule has 2 aromatic rings. The molecular formula is C29H34ClNO11. The van der Waals surface area contributed by atoms with Crippen LogP contribution in [0.15, 0.2) is 18.2 Å². The molecule has 0 bridgehead atoms. The van der Waals surface area contributed by atoms with Gasteiger partial charge in [-0.1, -0.05) is 19.1 Å². The molecule has 1 heterocycles. The first-order chi connectivity index (χ1) is 19.5. The number of ketones is 3. The lowest BCUT2D eigenvalue weighted by molar-refractivity contribution is -0.249. The molecule has 2 aromatic carbocycles. The SMILES string of the molecule is CCNC1CC(O[C@H]2C[C@](O)(C(=O)CO)Cc3c(O)c4c(c(O)c32)C(=O)c2c(OC)cccc2C4=O)OC(C)C1O.Cl. The summed E-state index contributed by atoms with van der Waals surface area (Å²) in [7, 11) is 1.33. The maximum absolute atomic E-state index is 13.7. The number of phenols is 2. The van der Waals surface area contributed by atoms with E-state index in [4.69, 9.17) is 14.2 Å². The number of aromatic hydroxyl groups is 2. The highest BCUT2D eigenvalue weighted by molar-refractivity contribution is 6.31. The number of carbonyl (C=O) groups excluding carboxylic acids is 3. The Kier molecular flexibility index (Phi) is 9.00. The predicted molar refractivity (Wildman–Crippen MR) is 148 cm³/mol. The lowest BCUT2D eigenvalue weighted by Gasteiger charge is -2.43. The molecule has 0 aromatic heterocycles. The molecule has 0 radical (unpaired) electrons. The Morgan fingerprint density at radius 2 is 1.83 bits per heavy atom. The Morgan fingerprint density at radius 1 is 1.14 bits per heavy atom. The van der Waals surface area contributed by atoms with Crippen LogP contribution in [0, 0.1) is 0 Å². The van der Waals surface area contributed by atoms with E-state index in [-0.39, 0.29) is 46.8 Å². The van der Waals surface area contributed by atoms with E-state index in [1.807, 2.05) is 6.92 Å². The number of halogens is 1. The molecule has 6 atom stereocenters. The van der Waals surface area contributed by atoms with E-state index < -0.39 is 95.7 Å². The number of aliphatic hydroxyl groups excluding tert-OH is 2. The van der Waals surface area contributed by atoms with Crippen molar-refractivity contribution in [3.8, 4) is 17.2 Å². The van der Waals surface area contributed by atoms with Crippen LogP contribution in [0.5, 0.6) is 17.2 Å². The van der Waals surface area contributed by atoms with Gasteiger partial charge in [-0.2, -0.15) is 0 Å². The number of phenolic OH excluding ortho intramolecular Hbond substituents is 2. The molecule has 0 spiro atoms. The van der Waals surface area contributed by atoms with Crippen molar-refractivity contribution >= 4 is 29.8 Å². The van der Waals surface area contributed by atoms with Crippen LogP contribution >= 0.6 is 12.4 Å². The van der Waals surface area contributed by atoms with Crippen molar-refractivity contribution < 1.29 is 54.1 Å². The highest BCUT2D eigenvalue weighted by Gasteiger charge is 2.50. The third-order valence-corrected chi connectivity index (χ3v) is 8.23. The number of aliphatic hydroxyl groups is 3. The predicted octanol–water partition coefficient (Wildman–Crippen LogP) is 1.07. The lowest BCUT2D eigenvalue weighted by atomic mass is 9.72. The summed E-state index contributed by atoms with van der Waals surface area (Å²) in [5.74, 6) is -3.68. The molecule has 3 aliphatic rings. The van der Waals surface area contributed by atoms with Gasteiger partial charge in [0.05, 0.1) is 42.1 Å². The zero-order valence-corrected chi connectivity index (χ0v) is 24.1. The van der Waals surface area contributed by atoms with Crippen molar-refractivity contribution in [2.75, 3.05) is 20.3 Å². The maximum Gasteiger partial charge on any atom is 0.202 e. The van der Waals surface area contributed by atoms with Gasteiger partial charge in [0.15, 0.2) is 17.9 Å². The quantitative estimate of drug-likeness (QED) is 0.210. The minimum atomic E-state index is -2.23. The number of likely N-dealkylation sites (N-methyl/N-ethyl adjacent to an activating group) is 1. The summed E-state index contributed by atoms with van der Waals surface area (Å²) < 4.78 is 17.3. The number of nitrogens with one attached hydrogen (secondary N) is 1. The van der Waals surface area contributed by atoms with Gasteiger partial charge >= 0.3 is 0 Å². The van der Waals surface area contributed by atoms with E-state index in [9.17, 15) is 39.9 Å².